The van der Waals surface area contributed by atoms with Crippen molar-refractivity contribution in [3.8, 4) is 0 Å². The zero-order valence-corrected chi connectivity index (χ0v) is 15.7. The quantitative estimate of drug-likeness (QED) is 0.814. The van der Waals surface area contributed by atoms with E-state index in [4.69, 9.17) is 0 Å². The van der Waals surface area contributed by atoms with Gasteiger partial charge in [-0.2, -0.15) is 9.40 Å². The van der Waals surface area contributed by atoms with E-state index in [-0.39, 0.29) is 16.8 Å². The van der Waals surface area contributed by atoms with Crippen LogP contribution in [0, 0.1) is 0 Å². The van der Waals surface area contributed by atoms with Crippen LogP contribution in [-0.2, 0) is 17.1 Å². The van der Waals surface area contributed by atoms with Crippen LogP contribution >= 0.6 is 0 Å². The fourth-order valence-electron chi connectivity index (χ4n) is 2.54. The van der Waals surface area contributed by atoms with Gasteiger partial charge in [-0.25, -0.2) is 8.42 Å². The third-order valence-electron chi connectivity index (χ3n) is 4.04. The first-order chi connectivity index (χ1) is 11.8. The lowest BCUT2D eigenvalue weighted by molar-refractivity contribution is 0.0939. The SMILES string of the molecule is CCN(CC)S(=O)(=O)c1ccc([C@H](C)NC(=O)c2cnn(C)c2)cc1. The molecule has 2 rings (SSSR count). The minimum Gasteiger partial charge on any atom is -0.345 e. The maximum Gasteiger partial charge on any atom is 0.254 e. The maximum absolute atomic E-state index is 12.5. The average molecular weight is 364 g/mol. The van der Waals surface area contributed by atoms with Gasteiger partial charge in [-0.05, 0) is 24.6 Å². The Kier molecular flexibility index (Phi) is 5.97. The van der Waals surface area contributed by atoms with Crippen molar-refractivity contribution < 1.29 is 13.2 Å². The number of nitrogens with one attached hydrogen (secondary N) is 1. The Balaban J connectivity index is 2.12. The summed E-state index contributed by atoms with van der Waals surface area (Å²) in [6.45, 7) is 6.33. The summed E-state index contributed by atoms with van der Waals surface area (Å²) in [6.07, 6.45) is 3.14. The van der Waals surface area contributed by atoms with E-state index in [1.807, 2.05) is 20.8 Å². The summed E-state index contributed by atoms with van der Waals surface area (Å²) in [4.78, 5) is 12.4. The number of benzene rings is 1. The van der Waals surface area contributed by atoms with E-state index in [0.717, 1.165) is 5.56 Å². The number of carbonyl (C=O) groups is 1. The van der Waals surface area contributed by atoms with Crippen LogP contribution in [0.3, 0.4) is 0 Å². The zero-order chi connectivity index (χ0) is 18.6. The third-order valence-corrected chi connectivity index (χ3v) is 6.10. The number of nitrogens with zero attached hydrogens (tertiary/aromatic N) is 3. The minimum absolute atomic E-state index is 0.222. The van der Waals surface area contributed by atoms with Crippen LogP contribution in [0.4, 0.5) is 0 Å². The van der Waals surface area contributed by atoms with E-state index in [0.29, 0.717) is 18.7 Å². The van der Waals surface area contributed by atoms with Gasteiger partial charge in [0.2, 0.25) is 10.0 Å². The molecule has 0 aliphatic rings. The normalized spacial score (nSPS) is 13.0. The van der Waals surface area contributed by atoms with Gasteiger partial charge in [0.1, 0.15) is 0 Å². The van der Waals surface area contributed by atoms with Gasteiger partial charge in [-0.1, -0.05) is 26.0 Å². The van der Waals surface area contributed by atoms with Gasteiger partial charge in [0.05, 0.1) is 22.7 Å². The fourth-order valence-corrected chi connectivity index (χ4v) is 4.00. The lowest BCUT2D eigenvalue weighted by Gasteiger charge is -2.19. The van der Waals surface area contributed by atoms with E-state index >= 15 is 0 Å². The molecule has 136 valence electrons. The van der Waals surface area contributed by atoms with Crippen molar-refractivity contribution in [2.75, 3.05) is 13.1 Å². The van der Waals surface area contributed by atoms with Crippen molar-refractivity contribution in [1.29, 1.82) is 0 Å². The average Bonchev–Trinajstić information content (AvgIpc) is 3.02. The van der Waals surface area contributed by atoms with E-state index < -0.39 is 10.0 Å². The first-order valence-corrected chi connectivity index (χ1v) is 9.63. The Morgan fingerprint density at radius 1 is 1.24 bits per heavy atom. The highest BCUT2D eigenvalue weighted by Gasteiger charge is 2.21. The van der Waals surface area contributed by atoms with Crippen LogP contribution in [0.2, 0.25) is 0 Å². The first-order valence-electron chi connectivity index (χ1n) is 8.19. The molecule has 8 heteroatoms. The highest BCUT2D eigenvalue weighted by Crippen LogP contribution is 2.19. The summed E-state index contributed by atoms with van der Waals surface area (Å²) in [6, 6.07) is 6.36. The van der Waals surface area contributed by atoms with Crippen molar-refractivity contribution in [2.45, 2.75) is 31.7 Å². The number of hydrogen-bond acceptors (Lipinski definition) is 4. The largest absolute Gasteiger partial charge is 0.345 e. The number of hydrogen-bond donors (Lipinski definition) is 1. The van der Waals surface area contributed by atoms with Crippen LogP contribution < -0.4 is 5.32 Å². The molecule has 25 heavy (non-hydrogen) atoms. The van der Waals surface area contributed by atoms with Gasteiger partial charge in [-0.3, -0.25) is 9.48 Å². The molecule has 0 unspecified atom stereocenters. The predicted molar refractivity (Wildman–Crippen MR) is 95.6 cm³/mol. The molecule has 1 heterocycles. The van der Waals surface area contributed by atoms with E-state index in [9.17, 15) is 13.2 Å². The maximum atomic E-state index is 12.5. The molecule has 2 aromatic rings. The van der Waals surface area contributed by atoms with E-state index in [2.05, 4.69) is 10.4 Å². The summed E-state index contributed by atoms with van der Waals surface area (Å²) in [5, 5.41) is 6.85. The van der Waals surface area contributed by atoms with Crippen LogP contribution in [-0.4, -0.2) is 41.5 Å². The molecule has 0 saturated heterocycles. The second-order valence-corrected chi connectivity index (χ2v) is 7.69. The van der Waals surface area contributed by atoms with Crippen LogP contribution in [0.15, 0.2) is 41.6 Å². The molecule has 1 aromatic carbocycles. The van der Waals surface area contributed by atoms with Crippen molar-refractivity contribution in [2.24, 2.45) is 7.05 Å². The van der Waals surface area contributed by atoms with Gasteiger partial charge in [0, 0.05) is 26.3 Å². The Morgan fingerprint density at radius 3 is 2.32 bits per heavy atom. The number of carbonyl (C=O) groups excluding carboxylic acids is 1. The molecule has 0 aliphatic carbocycles. The van der Waals surface area contributed by atoms with Crippen molar-refractivity contribution in [3.63, 3.8) is 0 Å². The number of sulfonamides is 1. The smallest absolute Gasteiger partial charge is 0.254 e. The molecule has 0 aliphatic heterocycles. The fraction of sp³-hybridized carbons (Fsp3) is 0.412. The summed E-state index contributed by atoms with van der Waals surface area (Å²) < 4.78 is 27.9. The van der Waals surface area contributed by atoms with E-state index in [1.54, 1.807) is 42.2 Å². The number of amides is 1. The molecular weight excluding hydrogens is 340 g/mol. The summed E-state index contributed by atoms with van der Waals surface area (Å²) in [5.41, 5.74) is 1.31. The highest BCUT2D eigenvalue weighted by molar-refractivity contribution is 7.89. The first kappa shape index (κ1) is 19.1. The van der Waals surface area contributed by atoms with Gasteiger partial charge in [0.25, 0.3) is 5.91 Å². The summed E-state index contributed by atoms with van der Waals surface area (Å²) in [5.74, 6) is -0.222. The monoisotopic (exact) mass is 364 g/mol. The van der Waals surface area contributed by atoms with Crippen LogP contribution in [0.1, 0.15) is 42.7 Å². The second-order valence-electron chi connectivity index (χ2n) is 5.76. The molecule has 0 fully saturated rings. The lowest BCUT2D eigenvalue weighted by atomic mass is 10.1. The standard InChI is InChI=1S/C17H24N4O3S/c1-5-21(6-2)25(23,24)16-9-7-14(8-10-16)13(3)19-17(22)15-11-18-20(4)12-15/h7-13H,5-6H2,1-4H3,(H,19,22)/t13-/m0/s1. The number of aryl methyl sites for hydroxylation is 1. The molecule has 1 amide bonds. The third kappa shape index (κ3) is 4.26. The molecule has 0 bridgehead atoms. The summed E-state index contributed by atoms with van der Waals surface area (Å²) in [7, 11) is -1.73. The second kappa shape index (κ2) is 7.79. The number of aromatic nitrogens is 2. The van der Waals surface area contributed by atoms with Crippen LogP contribution in [0.25, 0.3) is 0 Å². The highest BCUT2D eigenvalue weighted by atomic mass is 32.2. The molecule has 1 N–H and O–H groups in total. The molecule has 0 radical (unpaired) electrons. The zero-order valence-electron chi connectivity index (χ0n) is 14.9. The Labute approximate surface area is 148 Å². The molecule has 7 nitrogen and oxygen atoms in total. The van der Waals surface area contributed by atoms with Crippen LogP contribution in [0.5, 0.6) is 0 Å². The molecule has 1 atom stereocenters. The van der Waals surface area contributed by atoms with Crippen molar-refractivity contribution >= 4 is 15.9 Å². The number of rotatable bonds is 7. The molecule has 1 aromatic heterocycles. The van der Waals surface area contributed by atoms with Gasteiger partial charge < -0.3 is 5.32 Å². The lowest BCUT2D eigenvalue weighted by Crippen LogP contribution is -2.30. The van der Waals surface area contributed by atoms with E-state index in [1.165, 1.54) is 10.5 Å². The Morgan fingerprint density at radius 2 is 1.84 bits per heavy atom. The Bertz CT molecular complexity index is 824. The Hall–Kier alpha value is -2.19. The predicted octanol–water partition coefficient (Wildman–Crippen LogP) is 1.94. The van der Waals surface area contributed by atoms with Crippen molar-refractivity contribution in [3.05, 3.63) is 47.8 Å². The molecular formula is C17H24N4O3S. The van der Waals surface area contributed by atoms with Gasteiger partial charge in [-0.15, -0.1) is 0 Å². The molecule has 0 saturated carbocycles. The summed E-state index contributed by atoms with van der Waals surface area (Å²) >= 11 is 0. The van der Waals surface area contributed by atoms with Crippen molar-refractivity contribution in [1.82, 2.24) is 19.4 Å². The van der Waals surface area contributed by atoms with Gasteiger partial charge in [0.15, 0.2) is 0 Å². The topological polar surface area (TPSA) is 84.3 Å². The molecule has 0 spiro atoms. The van der Waals surface area contributed by atoms with Gasteiger partial charge >= 0.3 is 0 Å². The minimum atomic E-state index is -3.47.